The van der Waals surface area contributed by atoms with Gasteiger partial charge in [-0.3, -0.25) is 0 Å². The van der Waals surface area contributed by atoms with E-state index >= 15 is 0 Å². The Balaban J connectivity index is 2.27. The Labute approximate surface area is 103 Å². The quantitative estimate of drug-likeness (QED) is 0.544. The molecule has 0 unspecified atom stereocenters. The van der Waals surface area contributed by atoms with Crippen LogP contribution in [0.5, 0.6) is 0 Å². The highest BCUT2D eigenvalue weighted by Crippen LogP contribution is 2.23. The minimum Gasteiger partial charge on any atom is -0.361 e. The lowest BCUT2D eigenvalue weighted by atomic mass is 10.1. The minimum absolute atomic E-state index is 0.875. The van der Waals surface area contributed by atoms with Crippen molar-refractivity contribution < 1.29 is 0 Å². The molecule has 0 radical (unpaired) electrons. The fraction of sp³-hybridized carbons (Fsp3) is 0.357. The second kappa shape index (κ2) is 4.62. The van der Waals surface area contributed by atoms with Gasteiger partial charge in [-0.15, -0.1) is 0 Å². The standard InChI is InChI=1S/C14H19N3/c1-11-6-5-7-12(2)14(11)15-13(3)17-9-8-16(4)10-17/h5-9H,10H2,1-4H3. The summed E-state index contributed by atoms with van der Waals surface area (Å²) in [5.41, 5.74) is 3.54. The van der Waals surface area contributed by atoms with Crippen molar-refractivity contribution in [2.45, 2.75) is 20.8 Å². The van der Waals surface area contributed by atoms with Gasteiger partial charge in [0.1, 0.15) is 5.84 Å². The van der Waals surface area contributed by atoms with Gasteiger partial charge in [-0.1, -0.05) is 18.2 Å². The molecule has 0 amide bonds. The zero-order valence-corrected chi connectivity index (χ0v) is 10.9. The van der Waals surface area contributed by atoms with Crippen LogP contribution in [0.4, 0.5) is 5.69 Å². The maximum Gasteiger partial charge on any atom is 0.107 e. The van der Waals surface area contributed by atoms with Crippen LogP contribution in [0.2, 0.25) is 0 Å². The molecule has 1 heterocycles. The minimum atomic E-state index is 0.875. The molecule has 1 aromatic rings. The first-order valence-corrected chi connectivity index (χ1v) is 5.84. The first-order valence-electron chi connectivity index (χ1n) is 5.84. The van der Waals surface area contributed by atoms with Crippen LogP contribution in [0, 0.1) is 13.8 Å². The third kappa shape index (κ3) is 2.49. The molecule has 0 fully saturated rings. The first kappa shape index (κ1) is 11.7. The number of nitrogens with zero attached hydrogens (tertiary/aromatic N) is 3. The lowest BCUT2D eigenvalue weighted by Crippen LogP contribution is -2.26. The molecule has 1 aromatic carbocycles. The summed E-state index contributed by atoms with van der Waals surface area (Å²) in [5.74, 6) is 1.03. The number of aryl methyl sites for hydroxylation is 2. The molecule has 0 saturated heterocycles. The van der Waals surface area contributed by atoms with Crippen LogP contribution >= 0.6 is 0 Å². The van der Waals surface area contributed by atoms with Gasteiger partial charge < -0.3 is 9.80 Å². The highest BCUT2D eigenvalue weighted by atomic mass is 15.3. The van der Waals surface area contributed by atoms with Crippen LogP contribution in [0.1, 0.15) is 18.1 Å². The topological polar surface area (TPSA) is 18.8 Å². The van der Waals surface area contributed by atoms with E-state index in [0.717, 1.165) is 18.2 Å². The summed E-state index contributed by atoms with van der Waals surface area (Å²) in [7, 11) is 2.06. The van der Waals surface area contributed by atoms with E-state index in [1.807, 2.05) is 0 Å². The number of hydrogen-bond acceptors (Lipinski definition) is 2. The molecular weight excluding hydrogens is 210 g/mol. The Morgan fingerprint density at radius 2 is 1.82 bits per heavy atom. The fourth-order valence-electron chi connectivity index (χ4n) is 1.95. The van der Waals surface area contributed by atoms with Crippen LogP contribution in [-0.2, 0) is 0 Å². The highest BCUT2D eigenvalue weighted by Gasteiger charge is 2.11. The Hall–Kier alpha value is -1.77. The number of hydrogen-bond donors (Lipinski definition) is 0. The average molecular weight is 229 g/mol. The summed E-state index contributed by atoms with van der Waals surface area (Å²) in [6.45, 7) is 7.13. The molecule has 0 spiro atoms. The monoisotopic (exact) mass is 229 g/mol. The van der Waals surface area contributed by atoms with Gasteiger partial charge in [0.15, 0.2) is 0 Å². The number of benzene rings is 1. The van der Waals surface area contributed by atoms with Crippen molar-refractivity contribution in [2.24, 2.45) is 4.99 Å². The van der Waals surface area contributed by atoms with Gasteiger partial charge in [-0.25, -0.2) is 4.99 Å². The maximum absolute atomic E-state index is 4.74. The Bertz CT molecular complexity index is 454. The van der Waals surface area contributed by atoms with E-state index < -0.39 is 0 Å². The zero-order valence-electron chi connectivity index (χ0n) is 10.9. The van der Waals surface area contributed by atoms with E-state index in [4.69, 9.17) is 4.99 Å². The SMILES string of the molecule is CC(=Nc1c(C)cccc1C)N1C=CN(C)C1. The van der Waals surface area contributed by atoms with Crippen molar-refractivity contribution >= 4 is 11.5 Å². The van der Waals surface area contributed by atoms with Crippen LogP contribution in [0.15, 0.2) is 35.6 Å². The van der Waals surface area contributed by atoms with Crippen molar-refractivity contribution in [3.63, 3.8) is 0 Å². The van der Waals surface area contributed by atoms with Crippen LogP contribution in [-0.4, -0.2) is 29.4 Å². The molecule has 0 aromatic heterocycles. The molecule has 0 bridgehead atoms. The summed E-state index contributed by atoms with van der Waals surface area (Å²) in [5, 5.41) is 0. The van der Waals surface area contributed by atoms with E-state index in [1.54, 1.807) is 0 Å². The molecule has 1 aliphatic rings. The van der Waals surface area contributed by atoms with Crippen molar-refractivity contribution in [1.82, 2.24) is 9.80 Å². The third-order valence-electron chi connectivity index (χ3n) is 3.01. The van der Waals surface area contributed by atoms with Crippen molar-refractivity contribution in [1.29, 1.82) is 0 Å². The predicted molar refractivity (Wildman–Crippen MR) is 72.3 cm³/mol. The molecule has 2 rings (SSSR count). The van der Waals surface area contributed by atoms with Gasteiger partial charge in [0.2, 0.25) is 0 Å². The highest BCUT2D eigenvalue weighted by molar-refractivity contribution is 5.84. The smallest absolute Gasteiger partial charge is 0.107 e. The van der Waals surface area contributed by atoms with E-state index in [-0.39, 0.29) is 0 Å². The van der Waals surface area contributed by atoms with Gasteiger partial charge in [0, 0.05) is 19.4 Å². The Morgan fingerprint density at radius 1 is 1.18 bits per heavy atom. The molecule has 1 aliphatic heterocycles. The zero-order chi connectivity index (χ0) is 12.4. The maximum atomic E-state index is 4.74. The molecule has 0 N–H and O–H groups in total. The molecule has 3 nitrogen and oxygen atoms in total. The summed E-state index contributed by atoms with van der Waals surface area (Å²) >= 11 is 0. The van der Waals surface area contributed by atoms with E-state index in [2.05, 4.69) is 68.2 Å². The third-order valence-corrected chi connectivity index (χ3v) is 3.01. The molecule has 0 atom stereocenters. The fourth-order valence-corrected chi connectivity index (χ4v) is 1.95. The van der Waals surface area contributed by atoms with Crippen molar-refractivity contribution in [3.05, 3.63) is 41.7 Å². The Morgan fingerprint density at radius 3 is 2.35 bits per heavy atom. The normalized spacial score (nSPS) is 15.9. The Kier molecular flexibility index (Phi) is 3.18. The second-order valence-electron chi connectivity index (χ2n) is 4.57. The van der Waals surface area contributed by atoms with E-state index in [9.17, 15) is 0 Å². The van der Waals surface area contributed by atoms with Crippen LogP contribution in [0.3, 0.4) is 0 Å². The van der Waals surface area contributed by atoms with Gasteiger partial charge in [-0.2, -0.15) is 0 Å². The lowest BCUT2D eigenvalue weighted by molar-refractivity contribution is 0.385. The molecule has 90 valence electrons. The number of rotatable bonds is 1. The van der Waals surface area contributed by atoms with E-state index in [1.165, 1.54) is 11.1 Å². The molecule has 0 saturated carbocycles. The first-order chi connectivity index (χ1) is 8.08. The summed E-state index contributed by atoms with van der Waals surface area (Å²) in [6.07, 6.45) is 4.12. The summed E-state index contributed by atoms with van der Waals surface area (Å²) in [4.78, 5) is 9.01. The van der Waals surface area contributed by atoms with Crippen LogP contribution in [0.25, 0.3) is 0 Å². The number of amidine groups is 1. The summed E-state index contributed by atoms with van der Waals surface area (Å²) < 4.78 is 0. The molecule has 0 aliphatic carbocycles. The molecule has 3 heteroatoms. The lowest BCUT2D eigenvalue weighted by Gasteiger charge is -2.18. The average Bonchev–Trinajstić information content (AvgIpc) is 2.70. The van der Waals surface area contributed by atoms with Gasteiger partial charge in [-0.05, 0) is 31.9 Å². The summed E-state index contributed by atoms with van der Waals surface area (Å²) in [6, 6.07) is 6.28. The number of aliphatic imine (C=N–C) groups is 1. The van der Waals surface area contributed by atoms with E-state index in [0.29, 0.717) is 0 Å². The van der Waals surface area contributed by atoms with Crippen molar-refractivity contribution in [3.8, 4) is 0 Å². The van der Waals surface area contributed by atoms with Gasteiger partial charge in [0.05, 0.1) is 12.4 Å². The largest absolute Gasteiger partial charge is 0.361 e. The van der Waals surface area contributed by atoms with Gasteiger partial charge in [0.25, 0.3) is 0 Å². The van der Waals surface area contributed by atoms with Gasteiger partial charge >= 0.3 is 0 Å². The predicted octanol–water partition coefficient (Wildman–Crippen LogP) is 3.03. The molecule has 17 heavy (non-hydrogen) atoms. The second-order valence-corrected chi connectivity index (χ2v) is 4.57. The molecular formula is C14H19N3. The number of para-hydroxylation sites is 1. The van der Waals surface area contributed by atoms with Crippen LogP contribution < -0.4 is 0 Å². The van der Waals surface area contributed by atoms with Crippen molar-refractivity contribution in [2.75, 3.05) is 13.7 Å².